The molecule has 3 aromatic heterocycles. The second-order valence-electron chi connectivity index (χ2n) is 8.65. The Morgan fingerprint density at radius 3 is 2.61 bits per heavy atom. The van der Waals surface area contributed by atoms with Gasteiger partial charge in [0.15, 0.2) is 5.65 Å². The van der Waals surface area contributed by atoms with Gasteiger partial charge in [-0.2, -0.15) is 0 Å². The molecule has 0 amide bonds. The largest absolute Gasteiger partial charge is 0.328 e. The number of hydrogen-bond acceptors (Lipinski definition) is 5. The smallest absolute Gasteiger partial charge is 0.159 e. The second-order valence-corrected chi connectivity index (χ2v) is 9.05. The first-order valence-electron chi connectivity index (χ1n) is 11.3. The molecule has 0 radical (unpaired) electrons. The fourth-order valence-corrected chi connectivity index (χ4v) is 4.81. The summed E-state index contributed by atoms with van der Waals surface area (Å²) in [6.45, 7) is 0. The van der Waals surface area contributed by atoms with Crippen LogP contribution in [-0.4, -0.2) is 30.4 Å². The summed E-state index contributed by atoms with van der Waals surface area (Å²) in [7, 11) is 0. The van der Waals surface area contributed by atoms with Gasteiger partial charge in [-0.05, 0) is 62.1 Å². The van der Waals surface area contributed by atoms with Crippen LogP contribution in [0.1, 0.15) is 42.8 Å². The molecule has 5 rings (SSSR count). The minimum Gasteiger partial charge on any atom is -0.328 e. The van der Waals surface area contributed by atoms with Gasteiger partial charge in [-0.1, -0.05) is 29.8 Å². The molecule has 0 saturated heterocycles. The maximum Gasteiger partial charge on any atom is 0.159 e. The highest BCUT2D eigenvalue weighted by Crippen LogP contribution is 2.28. The van der Waals surface area contributed by atoms with Gasteiger partial charge >= 0.3 is 0 Å². The molecule has 0 aliphatic heterocycles. The molecule has 33 heavy (non-hydrogen) atoms. The first kappa shape index (κ1) is 23.6. The maximum absolute atomic E-state index is 6.30. The summed E-state index contributed by atoms with van der Waals surface area (Å²) in [6.07, 6.45) is 14.5. The highest BCUT2D eigenvalue weighted by Gasteiger charge is 2.21. The predicted molar refractivity (Wildman–Crippen MR) is 134 cm³/mol. The predicted octanol–water partition coefficient (Wildman–Crippen LogP) is 5.11. The van der Waals surface area contributed by atoms with E-state index in [0.717, 1.165) is 84.1 Å². The Hall–Kier alpha value is -2.54. The third-order valence-electron chi connectivity index (χ3n) is 6.42. The number of aromatic nitrogens is 5. The van der Waals surface area contributed by atoms with Gasteiger partial charge in [-0.25, -0.2) is 15.0 Å². The van der Waals surface area contributed by atoms with Gasteiger partial charge in [0.1, 0.15) is 5.82 Å². The standard InChI is InChI=1S/C25H27ClN6.ClH/c26-20-4-2-1-3-18(20)7-10-24-29-12-11-21(31-24)23-16-30-25-22(28-13-14-32(23)25)15-17-5-8-19(27)9-6-17;/h1-4,11-14,16-17,19H,5-10,15,27H2;1H. The zero-order valence-electron chi connectivity index (χ0n) is 18.4. The molecule has 1 fully saturated rings. The monoisotopic (exact) mass is 482 g/mol. The van der Waals surface area contributed by atoms with Gasteiger partial charge in [-0.3, -0.25) is 9.38 Å². The van der Waals surface area contributed by atoms with Crippen LogP contribution in [0, 0.1) is 5.92 Å². The molecule has 1 aliphatic carbocycles. The molecule has 1 aliphatic rings. The lowest BCUT2D eigenvalue weighted by Gasteiger charge is -2.25. The van der Waals surface area contributed by atoms with E-state index in [2.05, 4.69) is 14.4 Å². The fraction of sp³-hybridized carbons (Fsp3) is 0.360. The van der Waals surface area contributed by atoms with E-state index in [9.17, 15) is 0 Å². The lowest BCUT2D eigenvalue weighted by molar-refractivity contribution is 0.323. The normalized spacial score (nSPS) is 18.2. The van der Waals surface area contributed by atoms with Crippen LogP contribution in [0.3, 0.4) is 0 Å². The fourth-order valence-electron chi connectivity index (χ4n) is 4.58. The van der Waals surface area contributed by atoms with E-state index in [1.807, 2.05) is 55.1 Å². The Balaban J connectivity index is 0.00000259. The number of rotatable bonds is 6. The van der Waals surface area contributed by atoms with Gasteiger partial charge in [0.25, 0.3) is 0 Å². The first-order valence-corrected chi connectivity index (χ1v) is 11.7. The lowest BCUT2D eigenvalue weighted by Crippen LogP contribution is -2.27. The summed E-state index contributed by atoms with van der Waals surface area (Å²) < 4.78 is 2.09. The molecule has 8 heteroatoms. The quantitative estimate of drug-likeness (QED) is 0.412. The minimum atomic E-state index is 0. The summed E-state index contributed by atoms with van der Waals surface area (Å²) in [4.78, 5) is 18.6. The van der Waals surface area contributed by atoms with Crippen molar-refractivity contribution in [1.82, 2.24) is 24.3 Å². The Morgan fingerprint density at radius 1 is 0.970 bits per heavy atom. The minimum absolute atomic E-state index is 0. The molecular formula is C25H28Cl2N6. The summed E-state index contributed by atoms with van der Waals surface area (Å²) in [6, 6.07) is 10.2. The van der Waals surface area contributed by atoms with Gasteiger partial charge in [-0.15, -0.1) is 12.4 Å². The van der Waals surface area contributed by atoms with Gasteiger partial charge < -0.3 is 5.73 Å². The van der Waals surface area contributed by atoms with Crippen LogP contribution >= 0.6 is 24.0 Å². The number of nitrogens with two attached hydrogens (primary N) is 1. The summed E-state index contributed by atoms with van der Waals surface area (Å²) in [5.74, 6) is 1.43. The van der Waals surface area contributed by atoms with Crippen LogP contribution in [0.2, 0.25) is 5.02 Å². The average molecular weight is 483 g/mol. The number of hydrogen-bond donors (Lipinski definition) is 1. The molecule has 0 atom stereocenters. The number of halogens is 2. The SMILES string of the molecule is Cl.NC1CCC(Cc2nccn3c(-c4ccnc(CCc5ccccc5Cl)n4)cnc23)CC1. The highest BCUT2D eigenvalue weighted by atomic mass is 35.5. The Labute approximate surface area is 205 Å². The molecule has 172 valence electrons. The molecule has 3 heterocycles. The molecule has 4 aromatic rings. The lowest BCUT2D eigenvalue weighted by atomic mass is 9.84. The van der Waals surface area contributed by atoms with E-state index >= 15 is 0 Å². The molecule has 1 aromatic carbocycles. The van der Waals surface area contributed by atoms with Crippen LogP contribution in [-0.2, 0) is 19.3 Å². The summed E-state index contributed by atoms with van der Waals surface area (Å²) in [5, 5.41) is 0.783. The van der Waals surface area contributed by atoms with Crippen molar-refractivity contribution >= 4 is 29.7 Å². The number of aryl methyl sites for hydroxylation is 2. The van der Waals surface area contributed by atoms with Crippen molar-refractivity contribution in [2.75, 3.05) is 0 Å². The second kappa shape index (κ2) is 10.6. The maximum atomic E-state index is 6.30. The van der Waals surface area contributed by atoms with Gasteiger partial charge in [0, 0.05) is 36.1 Å². The van der Waals surface area contributed by atoms with Crippen molar-refractivity contribution in [3.8, 4) is 11.4 Å². The Morgan fingerprint density at radius 2 is 1.79 bits per heavy atom. The van der Waals surface area contributed by atoms with Gasteiger partial charge in [0.2, 0.25) is 0 Å². The van der Waals surface area contributed by atoms with Crippen LogP contribution in [0.4, 0.5) is 0 Å². The van der Waals surface area contributed by atoms with Crippen molar-refractivity contribution in [3.63, 3.8) is 0 Å². The van der Waals surface area contributed by atoms with Crippen molar-refractivity contribution in [2.45, 2.75) is 51.0 Å². The van der Waals surface area contributed by atoms with Crippen molar-refractivity contribution in [3.05, 3.63) is 77.2 Å². The Bertz CT molecular complexity index is 1220. The molecule has 2 N–H and O–H groups in total. The molecule has 6 nitrogen and oxygen atoms in total. The van der Waals surface area contributed by atoms with Crippen LogP contribution in [0.15, 0.2) is 55.1 Å². The van der Waals surface area contributed by atoms with Gasteiger partial charge in [0.05, 0.1) is 23.3 Å². The van der Waals surface area contributed by atoms with E-state index < -0.39 is 0 Å². The number of benzene rings is 1. The number of nitrogens with zero attached hydrogens (tertiary/aromatic N) is 5. The zero-order valence-corrected chi connectivity index (χ0v) is 20.0. The van der Waals surface area contributed by atoms with E-state index in [1.165, 1.54) is 0 Å². The number of imidazole rings is 1. The number of fused-ring (bicyclic) bond motifs is 1. The van der Waals surface area contributed by atoms with Crippen molar-refractivity contribution in [2.24, 2.45) is 11.7 Å². The van der Waals surface area contributed by atoms with Crippen LogP contribution < -0.4 is 5.73 Å². The zero-order chi connectivity index (χ0) is 21.9. The summed E-state index contributed by atoms with van der Waals surface area (Å²) in [5.41, 5.74) is 11.0. The van der Waals surface area contributed by atoms with E-state index in [-0.39, 0.29) is 12.4 Å². The van der Waals surface area contributed by atoms with E-state index in [0.29, 0.717) is 12.0 Å². The average Bonchev–Trinajstić information content (AvgIpc) is 3.26. The molecule has 0 bridgehead atoms. The third-order valence-corrected chi connectivity index (χ3v) is 6.79. The van der Waals surface area contributed by atoms with Crippen molar-refractivity contribution < 1.29 is 0 Å². The highest BCUT2D eigenvalue weighted by molar-refractivity contribution is 6.31. The van der Waals surface area contributed by atoms with E-state index in [4.69, 9.17) is 27.3 Å². The summed E-state index contributed by atoms with van der Waals surface area (Å²) >= 11 is 6.30. The van der Waals surface area contributed by atoms with E-state index in [1.54, 1.807) is 0 Å². The van der Waals surface area contributed by atoms with Crippen molar-refractivity contribution in [1.29, 1.82) is 0 Å². The first-order chi connectivity index (χ1) is 15.7. The van der Waals surface area contributed by atoms with Crippen LogP contribution in [0.25, 0.3) is 17.0 Å². The Kier molecular flexibility index (Phi) is 7.58. The molecular weight excluding hydrogens is 455 g/mol. The van der Waals surface area contributed by atoms with Crippen LogP contribution in [0.5, 0.6) is 0 Å². The molecule has 0 spiro atoms. The third kappa shape index (κ3) is 5.35. The molecule has 0 unspecified atom stereocenters. The molecule has 1 saturated carbocycles. The topological polar surface area (TPSA) is 82.0 Å².